The quantitative estimate of drug-likeness (QED) is 0.457. The molecule has 162 valence electrons. The molecule has 2 saturated heterocycles. The summed E-state index contributed by atoms with van der Waals surface area (Å²) in [6.07, 6.45) is 7.95. The van der Waals surface area contributed by atoms with E-state index in [1.807, 2.05) is 25.1 Å². The van der Waals surface area contributed by atoms with Gasteiger partial charge >= 0.3 is 0 Å². The lowest BCUT2D eigenvalue weighted by atomic mass is 9.92. The smallest absolute Gasteiger partial charge is 0.266 e. The first-order valence-electron chi connectivity index (χ1n) is 11.2. The molecule has 0 spiro atoms. The molecule has 4 rings (SSSR count). The third kappa shape index (κ3) is 5.39. The Bertz CT molecular complexity index is 824. The van der Waals surface area contributed by atoms with E-state index in [1.165, 1.54) is 19.3 Å². The summed E-state index contributed by atoms with van der Waals surface area (Å²) < 4.78 is 11.3. The van der Waals surface area contributed by atoms with Crippen molar-refractivity contribution in [2.24, 2.45) is 5.92 Å². The van der Waals surface area contributed by atoms with Crippen LogP contribution in [0.1, 0.15) is 60.3 Å². The Kier molecular flexibility index (Phi) is 7.00. The van der Waals surface area contributed by atoms with Gasteiger partial charge in [-0.05, 0) is 93.4 Å². The van der Waals surface area contributed by atoms with Gasteiger partial charge in [-0.15, -0.1) is 0 Å². The lowest BCUT2D eigenvalue weighted by molar-refractivity contribution is 0.112. The lowest BCUT2D eigenvalue weighted by Crippen LogP contribution is -2.34. The number of carbonyl (C=O) groups is 1. The highest BCUT2D eigenvalue weighted by Gasteiger charge is 2.23. The van der Waals surface area contributed by atoms with Crippen LogP contribution in [0.25, 0.3) is 0 Å². The molecular weight excluding hydrogens is 380 g/mol. The molecule has 7 heteroatoms. The maximum Gasteiger partial charge on any atom is 0.266 e. The fraction of sp³-hybridized carbons (Fsp3) is 0.609. The van der Waals surface area contributed by atoms with Crippen LogP contribution in [0, 0.1) is 12.8 Å². The molecule has 2 aliphatic heterocycles. The second-order valence-electron chi connectivity index (χ2n) is 8.53. The van der Waals surface area contributed by atoms with Gasteiger partial charge in [0.2, 0.25) is 5.89 Å². The van der Waals surface area contributed by atoms with Crippen LogP contribution in [0.15, 0.2) is 22.7 Å². The first-order chi connectivity index (χ1) is 14.7. The molecule has 7 nitrogen and oxygen atoms in total. The normalized spacial score (nSPS) is 18.1. The highest BCUT2D eigenvalue weighted by atomic mass is 16.5. The van der Waals surface area contributed by atoms with Crippen molar-refractivity contribution in [2.45, 2.75) is 52.0 Å². The molecular formula is C23H32N4O3. The SMILES string of the molecule is Cc1cc(OCCCC2CCN(c3noc(CN4CCCC4)n3)CC2)ccc1C=O. The molecule has 2 aliphatic rings. The number of rotatable bonds is 9. The molecule has 0 aliphatic carbocycles. The third-order valence-electron chi connectivity index (χ3n) is 6.31. The van der Waals surface area contributed by atoms with Crippen LogP contribution in [0.5, 0.6) is 5.75 Å². The van der Waals surface area contributed by atoms with Crippen LogP contribution in [0.2, 0.25) is 0 Å². The molecule has 3 heterocycles. The number of anilines is 1. The van der Waals surface area contributed by atoms with Gasteiger partial charge in [0.15, 0.2) is 0 Å². The van der Waals surface area contributed by atoms with Gasteiger partial charge in [0.25, 0.3) is 5.95 Å². The standard InChI is InChI=1S/C23H32N4O3/c1-18-15-21(7-6-20(18)17-28)29-14-4-5-19-8-12-27(13-9-19)23-24-22(30-25-23)16-26-10-2-3-11-26/h6-7,15,17,19H,2-5,8-14,16H2,1H3. The average Bonchev–Trinajstić information content (AvgIpc) is 3.44. The van der Waals surface area contributed by atoms with Crippen LogP contribution in [-0.4, -0.2) is 54.1 Å². The molecule has 0 unspecified atom stereocenters. The fourth-order valence-electron chi connectivity index (χ4n) is 4.42. The van der Waals surface area contributed by atoms with Crippen molar-refractivity contribution in [3.05, 3.63) is 35.2 Å². The summed E-state index contributed by atoms with van der Waals surface area (Å²) in [6, 6.07) is 5.63. The Morgan fingerprint density at radius 2 is 2.00 bits per heavy atom. The van der Waals surface area contributed by atoms with Crippen molar-refractivity contribution < 1.29 is 14.1 Å². The number of aldehydes is 1. The zero-order valence-corrected chi connectivity index (χ0v) is 17.9. The maximum atomic E-state index is 10.9. The number of aryl methyl sites for hydroxylation is 1. The van der Waals surface area contributed by atoms with Crippen LogP contribution < -0.4 is 9.64 Å². The van der Waals surface area contributed by atoms with Crippen molar-refractivity contribution >= 4 is 12.2 Å². The van der Waals surface area contributed by atoms with Crippen molar-refractivity contribution in [3.63, 3.8) is 0 Å². The van der Waals surface area contributed by atoms with E-state index >= 15 is 0 Å². The summed E-state index contributed by atoms with van der Waals surface area (Å²) in [5.74, 6) is 3.05. The molecule has 1 aromatic carbocycles. The number of benzene rings is 1. The molecule has 30 heavy (non-hydrogen) atoms. The van der Waals surface area contributed by atoms with E-state index in [4.69, 9.17) is 9.26 Å². The number of nitrogens with zero attached hydrogens (tertiary/aromatic N) is 4. The summed E-state index contributed by atoms with van der Waals surface area (Å²) in [7, 11) is 0. The van der Waals surface area contributed by atoms with Gasteiger partial charge in [-0.25, -0.2) is 0 Å². The van der Waals surface area contributed by atoms with E-state index in [9.17, 15) is 4.79 Å². The number of ether oxygens (including phenoxy) is 1. The third-order valence-corrected chi connectivity index (χ3v) is 6.31. The molecule has 0 radical (unpaired) electrons. The number of aromatic nitrogens is 2. The molecule has 0 saturated carbocycles. The minimum atomic E-state index is 0.713. The molecule has 2 aromatic rings. The zero-order valence-electron chi connectivity index (χ0n) is 17.9. The number of hydrogen-bond donors (Lipinski definition) is 0. The Hall–Kier alpha value is -2.41. The van der Waals surface area contributed by atoms with Crippen molar-refractivity contribution in [1.29, 1.82) is 0 Å². The largest absolute Gasteiger partial charge is 0.494 e. The zero-order chi connectivity index (χ0) is 20.8. The first kappa shape index (κ1) is 20.8. The van der Waals surface area contributed by atoms with Gasteiger partial charge in [0.05, 0.1) is 13.2 Å². The lowest BCUT2D eigenvalue weighted by Gasteiger charge is -2.30. The molecule has 0 bridgehead atoms. The predicted molar refractivity (Wildman–Crippen MR) is 115 cm³/mol. The van der Waals surface area contributed by atoms with Gasteiger partial charge in [-0.1, -0.05) is 0 Å². The maximum absolute atomic E-state index is 10.9. The van der Waals surface area contributed by atoms with E-state index in [0.717, 1.165) is 92.9 Å². The summed E-state index contributed by atoms with van der Waals surface area (Å²) >= 11 is 0. The minimum Gasteiger partial charge on any atom is -0.494 e. The molecule has 2 fully saturated rings. The highest BCUT2D eigenvalue weighted by molar-refractivity contribution is 5.77. The number of piperidine rings is 1. The summed E-state index contributed by atoms with van der Waals surface area (Å²) in [6.45, 7) is 7.67. The summed E-state index contributed by atoms with van der Waals surface area (Å²) in [4.78, 5) is 20.1. The number of carbonyl (C=O) groups excluding carboxylic acids is 1. The molecule has 0 atom stereocenters. The minimum absolute atomic E-state index is 0.713. The number of hydrogen-bond acceptors (Lipinski definition) is 7. The summed E-state index contributed by atoms with van der Waals surface area (Å²) in [5, 5.41) is 4.21. The summed E-state index contributed by atoms with van der Waals surface area (Å²) in [5.41, 5.74) is 1.68. The Morgan fingerprint density at radius 3 is 2.73 bits per heavy atom. The van der Waals surface area contributed by atoms with Crippen LogP contribution in [0.3, 0.4) is 0 Å². The fourth-order valence-corrected chi connectivity index (χ4v) is 4.42. The van der Waals surface area contributed by atoms with E-state index in [-0.39, 0.29) is 0 Å². The highest BCUT2D eigenvalue weighted by Crippen LogP contribution is 2.25. The van der Waals surface area contributed by atoms with E-state index in [0.29, 0.717) is 6.61 Å². The van der Waals surface area contributed by atoms with Crippen molar-refractivity contribution in [3.8, 4) is 5.75 Å². The van der Waals surface area contributed by atoms with Crippen molar-refractivity contribution in [1.82, 2.24) is 15.0 Å². The second kappa shape index (κ2) is 10.1. The first-order valence-corrected chi connectivity index (χ1v) is 11.2. The van der Waals surface area contributed by atoms with Gasteiger partial charge < -0.3 is 14.2 Å². The molecule has 0 amide bonds. The average molecular weight is 413 g/mol. The van der Waals surface area contributed by atoms with Gasteiger partial charge in [-0.2, -0.15) is 4.98 Å². The number of likely N-dealkylation sites (tertiary alicyclic amines) is 1. The Morgan fingerprint density at radius 1 is 1.20 bits per heavy atom. The topological polar surface area (TPSA) is 71.7 Å². The van der Waals surface area contributed by atoms with Gasteiger partial charge in [-0.3, -0.25) is 9.69 Å². The van der Waals surface area contributed by atoms with E-state index in [1.54, 1.807) is 0 Å². The van der Waals surface area contributed by atoms with Crippen LogP contribution >= 0.6 is 0 Å². The van der Waals surface area contributed by atoms with Crippen LogP contribution in [-0.2, 0) is 6.54 Å². The van der Waals surface area contributed by atoms with Gasteiger partial charge in [0, 0.05) is 18.7 Å². The predicted octanol–water partition coefficient (Wildman–Crippen LogP) is 3.86. The van der Waals surface area contributed by atoms with E-state index < -0.39 is 0 Å². The van der Waals surface area contributed by atoms with Crippen molar-refractivity contribution in [2.75, 3.05) is 37.7 Å². The molecule has 1 aromatic heterocycles. The monoisotopic (exact) mass is 412 g/mol. The van der Waals surface area contributed by atoms with Gasteiger partial charge in [0.1, 0.15) is 12.0 Å². The second-order valence-corrected chi connectivity index (χ2v) is 8.53. The van der Waals surface area contributed by atoms with Crippen LogP contribution in [0.4, 0.5) is 5.95 Å². The Labute approximate surface area is 178 Å². The van der Waals surface area contributed by atoms with E-state index in [2.05, 4.69) is 19.9 Å². The Balaban J connectivity index is 1.15. The molecule has 0 N–H and O–H groups in total.